The molecule has 3 rings (SSSR count). The van der Waals surface area contributed by atoms with Crippen LogP contribution < -0.4 is 16.4 Å². The predicted molar refractivity (Wildman–Crippen MR) is 98.1 cm³/mol. The zero-order valence-electron chi connectivity index (χ0n) is 15.3. The number of aryl methyl sites for hydroxylation is 1. The molecule has 134 valence electrons. The number of hydrogen-bond donors (Lipinski definition) is 2. The molecular formula is C19H32N4O. The number of aromatic nitrogens is 1. The van der Waals surface area contributed by atoms with Gasteiger partial charge in [0.2, 0.25) is 0 Å². The molecule has 1 saturated carbocycles. The van der Waals surface area contributed by atoms with Crippen molar-refractivity contribution < 1.29 is 4.74 Å². The van der Waals surface area contributed by atoms with Gasteiger partial charge in [0.25, 0.3) is 0 Å². The lowest BCUT2D eigenvalue weighted by atomic mass is 9.75. The van der Waals surface area contributed by atoms with E-state index in [4.69, 9.17) is 21.2 Å². The van der Waals surface area contributed by atoms with Gasteiger partial charge in [-0.25, -0.2) is 4.98 Å². The van der Waals surface area contributed by atoms with Crippen LogP contribution in [0.15, 0.2) is 12.1 Å². The lowest BCUT2D eigenvalue weighted by molar-refractivity contribution is -0.0174. The fourth-order valence-electron chi connectivity index (χ4n) is 4.13. The molecule has 5 heteroatoms. The predicted octanol–water partition coefficient (Wildman–Crippen LogP) is 2.45. The second kappa shape index (κ2) is 6.98. The van der Waals surface area contributed by atoms with Gasteiger partial charge in [-0.3, -0.25) is 0 Å². The molecule has 2 aliphatic rings. The van der Waals surface area contributed by atoms with Crippen LogP contribution in [0, 0.1) is 6.92 Å². The van der Waals surface area contributed by atoms with Crippen molar-refractivity contribution in [3.05, 3.63) is 23.4 Å². The largest absolute Gasteiger partial charge is 0.372 e. The van der Waals surface area contributed by atoms with Crippen molar-refractivity contribution in [3.63, 3.8) is 0 Å². The molecular weight excluding hydrogens is 300 g/mol. The summed E-state index contributed by atoms with van der Waals surface area (Å²) < 4.78 is 5.96. The van der Waals surface area contributed by atoms with Crippen molar-refractivity contribution in [1.82, 2.24) is 4.98 Å². The van der Waals surface area contributed by atoms with Gasteiger partial charge in [0.1, 0.15) is 5.82 Å². The van der Waals surface area contributed by atoms with E-state index in [2.05, 4.69) is 37.8 Å². The van der Waals surface area contributed by atoms with E-state index >= 15 is 0 Å². The fraction of sp³-hybridized carbons (Fsp3) is 0.737. The number of nitrogens with two attached hydrogens (primary N) is 2. The van der Waals surface area contributed by atoms with Crippen LogP contribution in [-0.4, -0.2) is 36.3 Å². The molecule has 1 aromatic heterocycles. The maximum Gasteiger partial charge on any atom is 0.128 e. The smallest absolute Gasteiger partial charge is 0.128 e. The number of anilines is 1. The highest BCUT2D eigenvalue weighted by atomic mass is 16.5. The summed E-state index contributed by atoms with van der Waals surface area (Å²) in [6.07, 6.45) is 5.45. The number of hydrogen-bond acceptors (Lipinski definition) is 5. The van der Waals surface area contributed by atoms with Crippen LogP contribution in [0.2, 0.25) is 0 Å². The zero-order valence-corrected chi connectivity index (χ0v) is 15.3. The van der Waals surface area contributed by atoms with Crippen molar-refractivity contribution in [1.29, 1.82) is 0 Å². The highest BCUT2D eigenvalue weighted by molar-refractivity contribution is 5.44. The Morgan fingerprint density at radius 1 is 1.29 bits per heavy atom. The van der Waals surface area contributed by atoms with E-state index in [-0.39, 0.29) is 17.7 Å². The first-order valence-electron chi connectivity index (χ1n) is 9.34. The maximum atomic E-state index is 6.71. The molecule has 0 radical (unpaired) electrons. The molecule has 1 saturated heterocycles. The first kappa shape index (κ1) is 17.6. The molecule has 1 aliphatic carbocycles. The Morgan fingerprint density at radius 3 is 2.62 bits per heavy atom. The highest BCUT2D eigenvalue weighted by Gasteiger charge is 2.34. The van der Waals surface area contributed by atoms with Gasteiger partial charge in [-0.1, -0.05) is 13.0 Å². The SMILES string of the molecule is CC[C@@H]1CN(c2ccc(C3(N)CCC(N)CC3)c(C)n2)C[C@H](C)O1. The van der Waals surface area contributed by atoms with E-state index < -0.39 is 0 Å². The molecule has 4 N–H and O–H groups in total. The number of pyridine rings is 1. The fourth-order valence-corrected chi connectivity index (χ4v) is 4.13. The normalized spacial score (nSPS) is 34.4. The van der Waals surface area contributed by atoms with Crippen molar-refractivity contribution >= 4 is 5.82 Å². The Morgan fingerprint density at radius 2 is 2.00 bits per heavy atom. The van der Waals surface area contributed by atoms with Crippen LogP contribution in [0.1, 0.15) is 57.2 Å². The molecule has 0 unspecified atom stereocenters. The van der Waals surface area contributed by atoms with E-state index in [1.54, 1.807) is 0 Å². The third-order valence-corrected chi connectivity index (χ3v) is 5.64. The second-order valence-corrected chi connectivity index (χ2v) is 7.68. The monoisotopic (exact) mass is 332 g/mol. The quantitative estimate of drug-likeness (QED) is 0.889. The molecule has 24 heavy (non-hydrogen) atoms. The Hall–Kier alpha value is -1.17. The van der Waals surface area contributed by atoms with Gasteiger partial charge >= 0.3 is 0 Å². The zero-order chi connectivity index (χ0) is 17.3. The summed E-state index contributed by atoms with van der Waals surface area (Å²) in [5, 5.41) is 0. The van der Waals surface area contributed by atoms with E-state index in [9.17, 15) is 0 Å². The summed E-state index contributed by atoms with van der Waals surface area (Å²) >= 11 is 0. The average molecular weight is 332 g/mol. The molecule has 2 atom stereocenters. The minimum Gasteiger partial charge on any atom is -0.372 e. The summed E-state index contributed by atoms with van der Waals surface area (Å²) in [6, 6.07) is 4.63. The minimum absolute atomic E-state index is 0.242. The third kappa shape index (κ3) is 3.58. The average Bonchev–Trinajstić information content (AvgIpc) is 2.57. The van der Waals surface area contributed by atoms with Gasteiger partial charge in [-0.2, -0.15) is 0 Å². The first-order valence-corrected chi connectivity index (χ1v) is 9.34. The van der Waals surface area contributed by atoms with Gasteiger partial charge < -0.3 is 21.1 Å². The van der Waals surface area contributed by atoms with E-state index in [1.807, 2.05) is 0 Å². The standard InChI is InChI=1S/C19H32N4O/c1-4-16-12-23(11-13(2)24-16)18-6-5-17(14(3)22-18)19(21)9-7-15(20)8-10-19/h5-6,13,15-16H,4,7-12,20-21H2,1-3H3/t13-,15?,16+,19?/m0/s1. The highest BCUT2D eigenvalue weighted by Crippen LogP contribution is 2.36. The van der Waals surface area contributed by atoms with Crippen LogP contribution in [0.3, 0.4) is 0 Å². The molecule has 0 spiro atoms. The maximum absolute atomic E-state index is 6.71. The topological polar surface area (TPSA) is 77.4 Å². The lowest BCUT2D eigenvalue weighted by Crippen LogP contribution is -2.47. The number of rotatable bonds is 3. The molecule has 2 heterocycles. The van der Waals surface area contributed by atoms with Crippen LogP contribution in [0.5, 0.6) is 0 Å². The second-order valence-electron chi connectivity index (χ2n) is 7.68. The van der Waals surface area contributed by atoms with Crippen LogP contribution in [0.25, 0.3) is 0 Å². The lowest BCUT2D eigenvalue weighted by Gasteiger charge is -2.39. The summed E-state index contributed by atoms with van der Waals surface area (Å²) in [5.74, 6) is 1.04. The van der Waals surface area contributed by atoms with Gasteiger partial charge in [-0.15, -0.1) is 0 Å². The summed E-state index contributed by atoms with van der Waals surface area (Å²) in [5.41, 5.74) is 14.7. The van der Waals surface area contributed by atoms with Crippen molar-refractivity contribution in [3.8, 4) is 0 Å². The van der Waals surface area contributed by atoms with Crippen LogP contribution in [0.4, 0.5) is 5.82 Å². The molecule has 2 fully saturated rings. The molecule has 1 aliphatic heterocycles. The minimum atomic E-state index is -0.268. The molecule has 0 amide bonds. The van der Waals surface area contributed by atoms with Crippen molar-refractivity contribution in [2.45, 2.75) is 76.7 Å². The summed E-state index contributed by atoms with van der Waals surface area (Å²) in [6.45, 7) is 8.20. The molecule has 1 aromatic rings. The van der Waals surface area contributed by atoms with Gasteiger partial charge in [-0.05, 0) is 57.6 Å². The summed E-state index contributed by atoms with van der Waals surface area (Å²) in [7, 11) is 0. The molecule has 5 nitrogen and oxygen atoms in total. The Bertz CT molecular complexity index is 568. The molecule has 0 aromatic carbocycles. The van der Waals surface area contributed by atoms with Crippen molar-refractivity contribution in [2.75, 3.05) is 18.0 Å². The van der Waals surface area contributed by atoms with Crippen molar-refractivity contribution in [2.24, 2.45) is 11.5 Å². The Kier molecular flexibility index (Phi) is 5.13. The van der Waals surface area contributed by atoms with E-state index in [0.717, 1.165) is 56.7 Å². The van der Waals surface area contributed by atoms with Gasteiger partial charge in [0.15, 0.2) is 0 Å². The van der Waals surface area contributed by atoms with Gasteiger partial charge in [0.05, 0.1) is 12.2 Å². The number of nitrogens with zero attached hydrogens (tertiary/aromatic N) is 2. The molecule has 0 bridgehead atoms. The first-order chi connectivity index (χ1) is 11.4. The Balaban J connectivity index is 1.80. The number of morpholine rings is 1. The van der Waals surface area contributed by atoms with Crippen LogP contribution >= 0.6 is 0 Å². The van der Waals surface area contributed by atoms with Gasteiger partial charge in [0, 0.05) is 30.4 Å². The third-order valence-electron chi connectivity index (χ3n) is 5.64. The van der Waals surface area contributed by atoms with E-state index in [1.165, 1.54) is 5.56 Å². The Labute approximate surface area is 145 Å². The summed E-state index contributed by atoms with van der Waals surface area (Å²) in [4.78, 5) is 7.24. The van der Waals surface area contributed by atoms with Crippen LogP contribution in [-0.2, 0) is 10.3 Å². The number of ether oxygens (including phenoxy) is 1. The van der Waals surface area contributed by atoms with E-state index in [0.29, 0.717) is 6.04 Å².